The molecule has 0 spiro atoms. The molecule has 2 rings (SSSR count). The van der Waals surface area contributed by atoms with Crippen molar-refractivity contribution < 1.29 is 14.0 Å². The molecule has 2 N–H and O–H groups in total. The highest BCUT2D eigenvalue weighted by molar-refractivity contribution is 8.01. The molecule has 0 unspecified atom stereocenters. The Morgan fingerprint density at radius 1 is 1.08 bits per heavy atom. The minimum atomic E-state index is -0.357. The number of hydrogen-bond donors (Lipinski definition) is 2. The summed E-state index contributed by atoms with van der Waals surface area (Å²) in [7, 11) is 0. The number of anilines is 1. The number of amides is 2. The van der Waals surface area contributed by atoms with Crippen LogP contribution in [0.5, 0.6) is 0 Å². The molecule has 0 aliphatic heterocycles. The maximum absolute atomic E-state index is 12.8. The second kappa shape index (κ2) is 9.22. The van der Waals surface area contributed by atoms with Crippen molar-refractivity contribution in [1.82, 2.24) is 5.32 Å². The monoisotopic (exact) mass is 360 g/mol. The number of nitrogens with one attached hydrogen (secondary N) is 2. The molecular formula is C19H21FN2O2S. The zero-order valence-electron chi connectivity index (χ0n) is 14.2. The number of carbonyl (C=O) groups excluding carboxylic acids is 2. The fraction of sp³-hybridized carbons (Fsp3) is 0.263. The maximum Gasteiger partial charge on any atom is 0.234 e. The van der Waals surface area contributed by atoms with Gasteiger partial charge in [-0.05, 0) is 43.7 Å². The van der Waals surface area contributed by atoms with Gasteiger partial charge in [0.05, 0.1) is 11.0 Å². The molecule has 2 aromatic carbocycles. The van der Waals surface area contributed by atoms with Crippen LogP contribution < -0.4 is 10.6 Å². The highest BCUT2D eigenvalue weighted by atomic mass is 32.2. The predicted octanol–water partition coefficient (Wildman–Crippen LogP) is 3.51. The van der Waals surface area contributed by atoms with Gasteiger partial charge >= 0.3 is 0 Å². The van der Waals surface area contributed by atoms with Crippen LogP contribution in [0.25, 0.3) is 0 Å². The molecule has 0 aliphatic carbocycles. The van der Waals surface area contributed by atoms with Crippen molar-refractivity contribution in [3.05, 3.63) is 65.5 Å². The van der Waals surface area contributed by atoms with Crippen LogP contribution in [0, 0.1) is 12.7 Å². The summed E-state index contributed by atoms with van der Waals surface area (Å²) in [4.78, 5) is 24.0. The summed E-state index contributed by atoms with van der Waals surface area (Å²) in [5.41, 5.74) is 2.69. The zero-order valence-corrected chi connectivity index (χ0v) is 15.0. The number of thioether (sulfide) groups is 1. The average molecular weight is 360 g/mol. The van der Waals surface area contributed by atoms with E-state index in [1.54, 1.807) is 19.1 Å². The number of aryl methyl sites for hydroxylation is 1. The van der Waals surface area contributed by atoms with E-state index in [4.69, 9.17) is 0 Å². The standard InChI is InChI=1S/C19H21FN2O2S/c1-13-3-9-17(10-4-13)22-18(23)12-25-14(2)19(24)21-11-15-5-7-16(20)8-6-15/h3-10,14H,11-12H2,1-2H3,(H,21,24)(H,22,23)/t14-/m1/s1. The Balaban J connectivity index is 1.72. The van der Waals surface area contributed by atoms with E-state index in [0.717, 1.165) is 16.8 Å². The summed E-state index contributed by atoms with van der Waals surface area (Å²) in [6, 6.07) is 13.5. The first-order chi connectivity index (χ1) is 11.9. The van der Waals surface area contributed by atoms with Gasteiger partial charge in [0.1, 0.15) is 5.82 Å². The predicted molar refractivity (Wildman–Crippen MR) is 100.0 cm³/mol. The highest BCUT2D eigenvalue weighted by Crippen LogP contribution is 2.13. The summed E-state index contributed by atoms with van der Waals surface area (Å²) >= 11 is 1.27. The molecule has 0 fully saturated rings. The van der Waals surface area contributed by atoms with Gasteiger partial charge in [-0.25, -0.2) is 4.39 Å². The lowest BCUT2D eigenvalue weighted by Gasteiger charge is -2.12. The van der Waals surface area contributed by atoms with Crippen LogP contribution in [-0.2, 0) is 16.1 Å². The number of halogens is 1. The maximum atomic E-state index is 12.8. The molecule has 2 aromatic rings. The molecular weight excluding hydrogens is 339 g/mol. The second-order valence-electron chi connectivity index (χ2n) is 5.71. The molecule has 4 nitrogen and oxygen atoms in total. The van der Waals surface area contributed by atoms with E-state index in [0.29, 0.717) is 6.54 Å². The van der Waals surface area contributed by atoms with Crippen molar-refractivity contribution in [2.24, 2.45) is 0 Å². The molecule has 0 bridgehead atoms. The lowest BCUT2D eigenvalue weighted by Crippen LogP contribution is -2.31. The molecule has 2 amide bonds. The van der Waals surface area contributed by atoms with E-state index >= 15 is 0 Å². The SMILES string of the molecule is Cc1ccc(NC(=O)CS[C@H](C)C(=O)NCc2ccc(F)cc2)cc1. The van der Waals surface area contributed by atoms with Gasteiger partial charge < -0.3 is 10.6 Å². The summed E-state index contributed by atoms with van der Waals surface area (Å²) < 4.78 is 12.8. The van der Waals surface area contributed by atoms with E-state index in [2.05, 4.69) is 10.6 Å². The number of rotatable bonds is 7. The van der Waals surface area contributed by atoms with Gasteiger partial charge in [-0.2, -0.15) is 0 Å². The quantitative estimate of drug-likeness (QED) is 0.794. The lowest BCUT2D eigenvalue weighted by atomic mass is 10.2. The third kappa shape index (κ3) is 6.58. The molecule has 0 saturated carbocycles. The van der Waals surface area contributed by atoms with Crippen LogP contribution >= 0.6 is 11.8 Å². The van der Waals surface area contributed by atoms with Crippen LogP contribution in [0.4, 0.5) is 10.1 Å². The first kappa shape index (κ1) is 19.0. The third-order valence-corrected chi connectivity index (χ3v) is 4.69. The highest BCUT2D eigenvalue weighted by Gasteiger charge is 2.15. The van der Waals surface area contributed by atoms with Gasteiger partial charge in [-0.15, -0.1) is 11.8 Å². The first-order valence-corrected chi connectivity index (χ1v) is 8.99. The summed E-state index contributed by atoms with van der Waals surface area (Å²) in [5.74, 6) is -0.415. The van der Waals surface area contributed by atoms with Crippen LogP contribution in [0.3, 0.4) is 0 Å². The van der Waals surface area contributed by atoms with Crippen molar-refractivity contribution in [2.75, 3.05) is 11.1 Å². The van der Waals surface area contributed by atoms with E-state index in [1.165, 1.54) is 23.9 Å². The van der Waals surface area contributed by atoms with E-state index in [1.807, 2.05) is 31.2 Å². The van der Waals surface area contributed by atoms with Crippen LogP contribution in [0.2, 0.25) is 0 Å². The molecule has 0 radical (unpaired) electrons. The summed E-state index contributed by atoms with van der Waals surface area (Å²) in [6.45, 7) is 4.07. The Kier molecular flexibility index (Phi) is 7.01. The Hall–Kier alpha value is -2.34. The van der Waals surface area contributed by atoms with Crippen molar-refractivity contribution in [3.8, 4) is 0 Å². The zero-order chi connectivity index (χ0) is 18.2. The smallest absolute Gasteiger partial charge is 0.234 e. The van der Waals surface area contributed by atoms with Crippen molar-refractivity contribution in [2.45, 2.75) is 25.6 Å². The lowest BCUT2D eigenvalue weighted by molar-refractivity contribution is -0.120. The number of benzene rings is 2. The Morgan fingerprint density at radius 2 is 1.72 bits per heavy atom. The van der Waals surface area contributed by atoms with E-state index < -0.39 is 0 Å². The molecule has 132 valence electrons. The third-order valence-electron chi connectivity index (χ3n) is 3.55. The van der Waals surface area contributed by atoms with Crippen molar-refractivity contribution in [1.29, 1.82) is 0 Å². The largest absolute Gasteiger partial charge is 0.351 e. The molecule has 25 heavy (non-hydrogen) atoms. The average Bonchev–Trinajstić information content (AvgIpc) is 2.61. The van der Waals surface area contributed by atoms with Crippen molar-refractivity contribution in [3.63, 3.8) is 0 Å². The van der Waals surface area contributed by atoms with Gasteiger partial charge in [-0.3, -0.25) is 9.59 Å². The van der Waals surface area contributed by atoms with Gasteiger partial charge in [-0.1, -0.05) is 29.8 Å². The van der Waals surface area contributed by atoms with Gasteiger partial charge in [0, 0.05) is 12.2 Å². The second-order valence-corrected chi connectivity index (χ2v) is 7.04. The fourth-order valence-corrected chi connectivity index (χ4v) is 2.75. The molecule has 6 heteroatoms. The Bertz CT molecular complexity index is 717. The van der Waals surface area contributed by atoms with Crippen LogP contribution in [0.1, 0.15) is 18.1 Å². The summed E-state index contributed by atoms with van der Waals surface area (Å²) in [6.07, 6.45) is 0. The number of carbonyl (C=O) groups is 2. The summed E-state index contributed by atoms with van der Waals surface area (Å²) in [5, 5.41) is 5.23. The van der Waals surface area contributed by atoms with E-state index in [-0.39, 0.29) is 28.6 Å². The molecule has 0 aliphatic rings. The van der Waals surface area contributed by atoms with Gasteiger partial charge in [0.15, 0.2) is 0 Å². The van der Waals surface area contributed by atoms with Gasteiger partial charge in [0.25, 0.3) is 0 Å². The van der Waals surface area contributed by atoms with Crippen LogP contribution in [-0.4, -0.2) is 22.8 Å². The Morgan fingerprint density at radius 3 is 2.36 bits per heavy atom. The van der Waals surface area contributed by atoms with Crippen LogP contribution in [0.15, 0.2) is 48.5 Å². The molecule has 0 heterocycles. The normalized spacial score (nSPS) is 11.6. The Labute approximate surface area is 151 Å². The first-order valence-electron chi connectivity index (χ1n) is 7.94. The molecule has 1 atom stereocenters. The fourth-order valence-electron chi connectivity index (χ4n) is 2.05. The minimum Gasteiger partial charge on any atom is -0.351 e. The van der Waals surface area contributed by atoms with E-state index in [9.17, 15) is 14.0 Å². The van der Waals surface area contributed by atoms with Gasteiger partial charge in [0.2, 0.25) is 11.8 Å². The molecule has 0 aromatic heterocycles. The minimum absolute atomic E-state index is 0.146. The molecule has 0 saturated heterocycles. The van der Waals surface area contributed by atoms with Crippen molar-refractivity contribution >= 4 is 29.3 Å². The number of hydrogen-bond acceptors (Lipinski definition) is 3. The topological polar surface area (TPSA) is 58.2 Å².